The Morgan fingerprint density at radius 2 is 2.17 bits per heavy atom. The van der Waals surface area contributed by atoms with E-state index >= 15 is 0 Å². The molecule has 0 bridgehead atoms. The number of hydrogen-bond donors (Lipinski definition) is 1. The molecule has 4 heteroatoms. The van der Waals surface area contributed by atoms with Crippen molar-refractivity contribution in [3.05, 3.63) is 58.5 Å². The van der Waals surface area contributed by atoms with Crippen LogP contribution >= 0.6 is 11.6 Å². The Kier molecular flexibility index (Phi) is 4.15. The molecular weight excluding hydrogens is 251 g/mol. The minimum Gasteiger partial charge on any atom is -0.367 e. The van der Waals surface area contributed by atoms with Crippen molar-refractivity contribution in [2.24, 2.45) is 0 Å². The van der Waals surface area contributed by atoms with Gasteiger partial charge in [-0.1, -0.05) is 41.4 Å². The first-order chi connectivity index (χ1) is 8.65. The van der Waals surface area contributed by atoms with E-state index in [-0.39, 0.29) is 5.82 Å². The summed E-state index contributed by atoms with van der Waals surface area (Å²) >= 11 is 5.63. The number of rotatable bonds is 4. The predicted molar refractivity (Wildman–Crippen MR) is 72.6 cm³/mol. The summed E-state index contributed by atoms with van der Waals surface area (Å²) in [5.41, 5.74) is 2.44. The molecule has 1 heterocycles. The van der Waals surface area contributed by atoms with Gasteiger partial charge in [0.15, 0.2) is 11.6 Å². The molecule has 0 fully saturated rings. The van der Waals surface area contributed by atoms with E-state index in [2.05, 4.69) is 35.4 Å². The third kappa shape index (κ3) is 3.44. The molecule has 94 valence electrons. The SMILES string of the molecule is Cc1cccc(CCNc2ncc(Cl)cc2F)c1. The van der Waals surface area contributed by atoms with Crippen LogP contribution in [0.3, 0.4) is 0 Å². The number of benzene rings is 1. The lowest BCUT2D eigenvalue weighted by atomic mass is 10.1. The van der Waals surface area contributed by atoms with Crippen molar-refractivity contribution in [2.45, 2.75) is 13.3 Å². The summed E-state index contributed by atoms with van der Waals surface area (Å²) in [6.07, 6.45) is 2.26. The van der Waals surface area contributed by atoms with Crippen LogP contribution in [0, 0.1) is 12.7 Å². The van der Waals surface area contributed by atoms with E-state index in [1.165, 1.54) is 23.4 Å². The minimum atomic E-state index is -0.424. The topological polar surface area (TPSA) is 24.9 Å². The first-order valence-electron chi connectivity index (χ1n) is 5.75. The second kappa shape index (κ2) is 5.83. The van der Waals surface area contributed by atoms with E-state index < -0.39 is 5.82 Å². The average Bonchev–Trinajstić information content (AvgIpc) is 2.32. The molecule has 0 radical (unpaired) electrons. The maximum Gasteiger partial charge on any atom is 0.166 e. The van der Waals surface area contributed by atoms with Gasteiger partial charge in [0, 0.05) is 12.7 Å². The van der Waals surface area contributed by atoms with Crippen LogP contribution in [0.1, 0.15) is 11.1 Å². The van der Waals surface area contributed by atoms with Gasteiger partial charge in [0.2, 0.25) is 0 Å². The van der Waals surface area contributed by atoms with Gasteiger partial charge >= 0.3 is 0 Å². The monoisotopic (exact) mass is 264 g/mol. The average molecular weight is 265 g/mol. The lowest BCUT2D eigenvalue weighted by molar-refractivity contribution is 0.624. The fourth-order valence-corrected chi connectivity index (χ4v) is 1.88. The third-order valence-electron chi connectivity index (χ3n) is 2.60. The van der Waals surface area contributed by atoms with Crippen molar-refractivity contribution in [3.8, 4) is 0 Å². The molecule has 2 rings (SSSR count). The van der Waals surface area contributed by atoms with E-state index in [9.17, 15) is 4.39 Å². The molecule has 0 aliphatic carbocycles. The van der Waals surface area contributed by atoms with Crippen LogP contribution in [0.2, 0.25) is 5.02 Å². The van der Waals surface area contributed by atoms with Gasteiger partial charge in [-0.2, -0.15) is 0 Å². The van der Waals surface area contributed by atoms with E-state index in [1.807, 2.05) is 6.07 Å². The lowest BCUT2D eigenvalue weighted by Crippen LogP contribution is -2.08. The number of aryl methyl sites for hydroxylation is 1. The Morgan fingerprint density at radius 3 is 2.89 bits per heavy atom. The zero-order valence-electron chi connectivity index (χ0n) is 10.1. The quantitative estimate of drug-likeness (QED) is 0.908. The van der Waals surface area contributed by atoms with Gasteiger partial charge in [0.05, 0.1) is 5.02 Å². The highest BCUT2D eigenvalue weighted by atomic mass is 35.5. The molecule has 2 aromatic rings. The summed E-state index contributed by atoms with van der Waals surface area (Å²) in [6, 6.07) is 9.50. The van der Waals surface area contributed by atoms with Crippen LogP contribution in [-0.2, 0) is 6.42 Å². The number of nitrogens with one attached hydrogen (secondary N) is 1. The van der Waals surface area contributed by atoms with Crippen molar-refractivity contribution >= 4 is 17.4 Å². The summed E-state index contributed by atoms with van der Waals surface area (Å²) in [5.74, 6) is -0.182. The molecular formula is C14H14ClFN2. The fraction of sp³-hybridized carbons (Fsp3) is 0.214. The van der Waals surface area contributed by atoms with Crippen LogP contribution < -0.4 is 5.32 Å². The molecule has 18 heavy (non-hydrogen) atoms. The summed E-state index contributed by atoms with van der Waals surface area (Å²) in [6.45, 7) is 2.69. The maximum atomic E-state index is 13.4. The highest BCUT2D eigenvalue weighted by Gasteiger charge is 2.03. The van der Waals surface area contributed by atoms with Crippen LogP contribution in [0.5, 0.6) is 0 Å². The Balaban J connectivity index is 1.92. The Labute approximate surface area is 111 Å². The van der Waals surface area contributed by atoms with Crippen molar-refractivity contribution in [2.75, 3.05) is 11.9 Å². The number of anilines is 1. The maximum absolute atomic E-state index is 13.4. The number of aromatic nitrogens is 1. The van der Waals surface area contributed by atoms with Gasteiger partial charge in [-0.15, -0.1) is 0 Å². The molecule has 0 atom stereocenters. The second-order valence-corrected chi connectivity index (χ2v) is 4.59. The molecule has 0 amide bonds. The van der Waals surface area contributed by atoms with E-state index in [4.69, 9.17) is 11.6 Å². The van der Waals surface area contributed by atoms with Gasteiger partial charge in [0.25, 0.3) is 0 Å². The number of halogens is 2. The Hall–Kier alpha value is -1.61. The summed E-state index contributed by atoms with van der Waals surface area (Å²) in [7, 11) is 0. The first kappa shape index (κ1) is 12.8. The largest absolute Gasteiger partial charge is 0.367 e. The number of pyridine rings is 1. The van der Waals surface area contributed by atoms with Gasteiger partial charge in [0.1, 0.15) is 0 Å². The van der Waals surface area contributed by atoms with Gasteiger partial charge in [-0.05, 0) is 25.0 Å². The zero-order chi connectivity index (χ0) is 13.0. The van der Waals surface area contributed by atoms with Crippen LogP contribution in [0.15, 0.2) is 36.5 Å². The molecule has 2 nitrogen and oxygen atoms in total. The Morgan fingerprint density at radius 1 is 1.33 bits per heavy atom. The lowest BCUT2D eigenvalue weighted by Gasteiger charge is -2.07. The van der Waals surface area contributed by atoms with Gasteiger partial charge in [-0.3, -0.25) is 0 Å². The molecule has 0 unspecified atom stereocenters. The zero-order valence-corrected chi connectivity index (χ0v) is 10.8. The highest BCUT2D eigenvalue weighted by Crippen LogP contribution is 2.15. The summed E-state index contributed by atoms with van der Waals surface area (Å²) in [5, 5.41) is 3.27. The van der Waals surface area contributed by atoms with E-state index in [0.717, 1.165) is 6.42 Å². The number of nitrogens with zero attached hydrogens (tertiary/aromatic N) is 1. The van der Waals surface area contributed by atoms with E-state index in [0.29, 0.717) is 11.6 Å². The molecule has 1 N–H and O–H groups in total. The minimum absolute atomic E-state index is 0.243. The standard InChI is InChI=1S/C14H14ClFN2/c1-10-3-2-4-11(7-10)5-6-17-14-13(16)8-12(15)9-18-14/h2-4,7-9H,5-6H2,1H3,(H,17,18). The third-order valence-corrected chi connectivity index (χ3v) is 2.80. The van der Waals surface area contributed by atoms with Gasteiger partial charge in [-0.25, -0.2) is 9.37 Å². The van der Waals surface area contributed by atoms with Crippen molar-refractivity contribution in [3.63, 3.8) is 0 Å². The molecule has 0 saturated heterocycles. The van der Waals surface area contributed by atoms with E-state index in [1.54, 1.807) is 0 Å². The van der Waals surface area contributed by atoms with Crippen LogP contribution in [-0.4, -0.2) is 11.5 Å². The van der Waals surface area contributed by atoms with Gasteiger partial charge < -0.3 is 5.32 Å². The van der Waals surface area contributed by atoms with Crippen LogP contribution in [0.4, 0.5) is 10.2 Å². The summed E-state index contributed by atoms with van der Waals surface area (Å²) in [4.78, 5) is 3.91. The predicted octanol–water partition coefficient (Wildman–Crippen LogP) is 3.84. The number of hydrogen-bond acceptors (Lipinski definition) is 2. The molecule has 0 aliphatic rings. The molecule has 0 aliphatic heterocycles. The Bertz CT molecular complexity index is 543. The summed E-state index contributed by atoms with van der Waals surface area (Å²) < 4.78 is 13.4. The molecule has 0 spiro atoms. The van der Waals surface area contributed by atoms with Crippen molar-refractivity contribution in [1.29, 1.82) is 0 Å². The second-order valence-electron chi connectivity index (χ2n) is 4.15. The normalized spacial score (nSPS) is 10.4. The fourth-order valence-electron chi connectivity index (χ4n) is 1.74. The van der Waals surface area contributed by atoms with Crippen LogP contribution in [0.25, 0.3) is 0 Å². The molecule has 1 aromatic carbocycles. The highest BCUT2D eigenvalue weighted by molar-refractivity contribution is 6.30. The first-order valence-corrected chi connectivity index (χ1v) is 6.13. The molecule has 1 aromatic heterocycles. The van der Waals surface area contributed by atoms with Crippen molar-refractivity contribution in [1.82, 2.24) is 4.98 Å². The molecule has 0 saturated carbocycles. The smallest absolute Gasteiger partial charge is 0.166 e. The van der Waals surface area contributed by atoms with Crippen molar-refractivity contribution < 1.29 is 4.39 Å².